The van der Waals surface area contributed by atoms with E-state index in [1.54, 1.807) is 0 Å². The molecular formula is C18H26ClN3O4. The Morgan fingerprint density at radius 1 is 1.00 bits per heavy atom. The Labute approximate surface area is 159 Å². The lowest BCUT2D eigenvalue weighted by molar-refractivity contribution is -0.143. The van der Waals surface area contributed by atoms with Crippen LogP contribution in [0.4, 0.5) is 0 Å². The Morgan fingerprint density at radius 2 is 1.65 bits per heavy atom. The molecule has 5 rings (SSSR count). The lowest BCUT2D eigenvalue weighted by atomic mass is 9.81. The third-order valence-corrected chi connectivity index (χ3v) is 6.87. The average Bonchev–Trinajstić information content (AvgIpc) is 3.30. The molecule has 5 heterocycles. The zero-order valence-electron chi connectivity index (χ0n) is 14.8. The molecule has 0 spiro atoms. The van der Waals surface area contributed by atoms with Gasteiger partial charge in [-0.25, -0.2) is 0 Å². The SMILES string of the molecule is Cl.O=C1C2C3CCC(O3)C2C(=O)N1CCC(=O)N1C2CCNCC1CC2. The third kappa shape index (κ3) is 2.59. The molecule has 0 radical (unpaired) electrons. The van der Waals surface area contributed by atoms with Crippen LogP contribution in [0.2, 0.25) is 0 Å². The zero-order valence-corrected chi connectivity index (χ0v) is 15.6. The molecule has 1 N–H and O–H groups in total. The highest BCUT2D eigenvalue weighted by Crippen LogP contribution is 2.48. The number of fused-ring (bicyclic) bond motifs is 7. The lowest BCUT2D eigenvalue weighted by Gasteiger charge is -2.28. The molecule has 0 saturated carbocycles. The first-order valence-corrected chi connectivity index (χ1v) is 9.67. The van der Waals surface area contributed by atoms with Gasteiger partial charge in [0, 0.05) is 31.6 Å². The van der Waals surface area contributed by atoms with Gasteiger partial charge in [-0.1, -0.05) is 0 Å². The van der Waals surface area contributed by atoms with Gasteiger partial charge in [0.05, 0.1) is 24.0 Å². The number of halogens is 1. The highest BCUT2D eigenvalue weighted by atomic mass is 35.5. The van der Waals surface area contributed by atoms with Crippen molar-refractivity contribution >= 4 is 30.1 Å². The molecule has 0 aliphatic carbocycles. The van der Waals surface area contributed by atoms with E-state index in [0.717, 1.165) is 45.2 Å². The van der Waals surface area contributed by atoms with Crippen molar-refractivity contribution < 1.29 is 19.1 Å². The minimum Gasteiger partial charge on any atom is -0.373 e. The van der Waals surface area contributed by atoms with Crippen molar-refractivity contribution in [2.75, 3.05) is 19.6 Å². The van der Waals surface area contributed by atoms with Gasteiger partial charge in [-0.3, -0.25) is 19.3 Å². The van der Waals surface area contributed by atoms with Crippen LogP contribution in [0.3, 0.4) is 0 Å². The highest BCUT2D eigenvalue weighted by molar-refractivity contribution is 6.06. The molecule has 144 valence electrons. The summed E-state index contributed by atoms with van der Waals surface area (Å²) in [5.74, 6) is -0.723. The summed E-state index contributed by atoms with van der Waals surface area (Å²) in [5, 5.41) is 3.39. The number of carbonyl (C=O) groups excluding carboxylic acids is 3. The molecule has 0 aromatic rings. The minimum absolute atomic E-state index is 0. The maximum atomic E-state index is 12.8. The van der Waals surface area contributed by atoms with Crippen LogP contribution in [0, 0.1) is 11.8 Å². The number of imide groups is 1. The Hall–Kier alpha value is -1.18. The summed E-state index contributed by atoms with van der Waals surface area (Å²) in [5.41, 5.74) is 0. The van der Waals surface area contributed by atoms with Crippen molar-refractivity contribution in [2.45, 2.75) is 62.8 Å². The van der Waals surface area contributed by atoms with E-state index in [2.05, 4.69) is 5.32 Å². The monoisotopic (exact) mass is 383 g/mol. The Balaban J connectivity index is 0.00000168. The predicted octanol–water partition coefficient (Wildman–Crippen LogP) is 0.314. The van der Waals surface area contributed by atoms with Crippen LogP contribution < -0.4 is 5.32 Å². The number of hydrogen-bond acceptors (Lipinski definition) is 5. The van der Waals surface area contributed by atoms with Crippen LogP contribution in [0.5, 0.6) is 0 Å². The fourth-order valence-corrected chi connectivity index (χ4v) is 5.72. The predicted molar refractivity (Wildman–Crippen MR) is 94.6 cm³/mol. The fraction of sp³-hybridized carbons (Fsp3) is 0.833. The first kappa shape index (κ1) is 18.2. The maximum Gasteiger partial charge on any atom is 0.235 e. The first-order chi connectivity index (χ1) is 12.1. The fourth-order valence-electron chi connectivity index (χ4n) is 5.72. The molecule has 5 aliphatic heterocycles. The Morgan fingerprint density at radius 3 is 2.35 bits per heavy atom. The summed E-state index contributed by atoms with van der Waals surface area (Å²) in [7, 11) is 0. The lowest BCUT2D eigenvalue weighted by Crippen LogP contribution is -2.44. The zero-order chi connectivity index (χ0) is 17.1. The summed E-state index contributed by atoms with van der Waals surface area (Å²) < 4.78 is 5.75. The van der Waals surface area contributed by atoms with E-state index < -0.39 is 0 Å². The van der Waals surface area contributed by atoms with Gasteiger partial charge in [0.25, 0.3) is 0 Å². The van der Waals surface area contributed by atoms with Gasteiger partial charge in [0.2, 0.25) is 17.7 Å². The molecule has 0 aromatic heterocycles. The third-order valence-electron chi connectivity index (χ3n) is 6.87. The van der Waals surface area contributed by atoms with Crippen molar-refractivity contribution in [1.82, 2.24) is 15.1 Å². The van der Waals surface area contributed by atoms with Crippen LogP contribution in [-0.4, -0.2) is 71.4 Å². The van der Waals surface area contributed by atoms with Gasteiger partial charge in [-0.05, 0) is 38.6 Å². The van der Waals surface area contributed by atoms with E-state index in [1.807, 2.05) is 4.90 Å². The molecule has 5 aliphatic rings. The number of nitrogens with one attached hydrogen (secondary N) is 1. The Kier molecular flexibility index (Phi) is 4.73. The van der Waals surface area contributed by atoms with Crippen molar-refractivity contribution in [3.63, 3.8) is 0 Å². The average molecular weight is 384 g/mol. The highest BCUT2D eigenvalue weighted by Gasteiger charge is 2.62. The standard InChI is InChI=1S/C18H25N3O4.ClH/c22-14(21-10-1-2-11(21)9-19-7-5-10)6-8-20-17(23)15-12-3-4-13(25-12)16(15)18(20)24;/h10-13,15-16,19H,1-9H2;1H. The van der Waals surface area contributed by atoms with Gasteiger partial charge >= 0.3 is 0 Å². The summed E-state index contributed by atoms with van der Waals surface area (Å²) >= 11 is 0. The van der Waals surface area contributed by atoms with Gasteiger partial charge in [0.1, 0.15) is 0 Å². The molecule has 6 unspecified atom stereocenters. The van der Waals surface area contributed by atoms with Crippen molar-refractivity contribution in [3.8, 4) is 0 Å². The van der Waals surface area contributed by atoms with Crippen molar-refractivity contribution in [3.05, 3.63) is 0 Å². The molecular weight excluding hydrogens is 358 g/mol. The van der Waals surface area contributed by atoms with E-state index in [4.69, 9.17) is 4.74 Å². The maximum absolute atomic E-state index is 12.8. The summed E-state index contributed by atoms with van der Waals surface area (Å²) in [6.45, 7) is 2.04. The van der Waals surface area contributed by atoms with Crippen molar-refractivity contribution in [1.29, 1.82) is 0 Å². The van der Waals surface area contributed by atoms with E-state index in [0.29, 0.717) is 6.04 Å². The minimum atomic E-state index is -0.292. The summed E-state index contributed by atoms with van der Waals surface area (Å²) in [6, 6.07) is 0.592. The molecule has 6 atom stereocenters. The molecule has 26 heavy (non-hydrogen) atoms. The normalized spacial score (nSPS) is 40.6. The second-order valence-electron chi connectivity index (χ2n) is 8.10. The van der Waals surface area contributed by atoms with Crippen molar-refractivity contribution in [2.24, 2.45) is 11.8 Å². The molecule has 5 fully saturated rings. The summed E-state index contributed by atoms with van der Waals surface area (Å²) in [6.07, 6.45) is 4.96. The van der Waals surface area contributed by atoms with E-state index in [-0.39, 0.29) is 73.2 Å². The van der Waals surface area contributed by atoms with Crippen LogP contribution in [0.1, 0.15) is 38.5 Å². The summed E-state index contributed by atoms with van der Waals surface area (Å²) in [4.78, 5) is 41.5. The van der Waals surface area contributed by atoms with Gasteiger partial charge in [-0.2, -0.15) is 0 Å². The molecule has 8 heteroatoms. The quantitative estimate of drug-likeness (QED) is 0.710. The van der Waals surface area contributed by atoms with Gasteiger partial charge < -0.3 is 15.0 Å². The Bertz CT molecular complexity index is 588. The van der Waals surface area contributed by atoms with E-state index >= 15 is 0 Å². The smallest absolute Gasteiger partial charge is 0.235 e. The topological polar surface area (TPSA) is 79.0 Å². The second kappa shape index (κ2) is 6.77. The molecule has 3 amide bonds. The number of likely N-dealkylation sites (tertiary alicyclic amines) is 1. The first-order valence-electron chi connectivity index (χ1n) is 9.67. The molecule has 7 nitrogen and oxygen atoms in total. The molecule has 5 saturated heterocycles. The van der Waals surface area contributed by atoms with E-state index in [9.17, 15) is 14.4 Å². The second-order valence-corrected chi connectivity index (χ2v) is 8.10. The van der Waals surface area contributed by atoms with E-state index in [1.165, 1.54) is 4.90 Å². The largest absolute Gasteiger partial charge is 0.373 e. The van der Waals surface area contributed by atoms with Crippen LogP contribution in [-0.2, 0) is 19.1 Å². The number of rotatable bonds is 3. The van der Waals surface area contributed by atoms with Crippen LogP contribution in [0.25, 0.3) is 0 Å². The van der Waals surface area contributed by atoms with Gasteiger partial charge in [-0.15, -0.1) is 12.4 Å². The molecule has 0 aromatic carbocycles. The number of nitrogens with zero attached hydrogens (tertiary/aromatic N) is 2. The number of amides is 3. The number of ether oxygens (including phenoxy) is 1. The van der Waals surface area contributed by atoms with Gasteiger partial charge in [0.15, 0.2) is 0 Å². The molecule has 4 bridgehead atoms. The number of hydrogen-bond donors (Lipinski definition) is 1. The van der Waals surface area contributed by atoms with Crippen LogP contribution in [0.15, 0.2) is 0 Å². The number of carbonyl (C=O) groups is 3. The van der Waals surface area contributed by atoms with Crippen LogP contribution >= 0.6 is 12.4 Å².